The van der Waals surface area contributed by atoms with Crippen molar-refractivity contribution in [2.75, 3.05) is 6.61 Å². The third-order valence-corrected chi connectivity index (χ3v) is 2.40. The molecule has 14 heavy (non-hydrogen) atoms. The Balaban J connectivity index is 2.31. The SMILES string of the molecule is CCOC(=O)[C@H]1C[C@@H]1C(=O)CC(C)C. The Morgan fingerprint density at radius 3 is 2.50 bits per heavy atom. The minimum Gasteiger partial charge on any atom is -0.466 e. The first-order chi connectivity index (χ1) is 6.56. The highest BCUT2D eigenvalue weighted by Gasteiger charge is 2.48. The molecule has 0 aromatic rings. The van der Waals surface area contributed by atoms with Gasteiger partial charge in [-0.05, 0) is 19.3 Å². The van der Waals surface area contributed by atoms with Crippen LogP contribution in [0.25, 0.3) is 0 Å². The van der Waals surface area contributed by atoms with Crippen molar-refractivity contribution in [1.82, 2.24) is 0 Å². The maximum Gasteiger partial charge on any atom is 0.309 e. The van der Waals surface area contributed by atoms with Crippen molar-refractivity contribution < 1.29 is 14.3 Å². The number of esters is 1. The van der Waals surface area contributed by atoms with Crippen LogP contribution in [0, 0.1) is 17.8 Å². The molecule has 0 aromatic heterocycles. The second-order valence-corrected chi connectivity index (χ2v) is 4.27. The average Bonchev–Trinajstić information content (AvgIpc) is 2.81. The van der Waals surface area contributed by atoms with Crippen molar-refractivity contribution >= 4 is 11.8 Å². The summed E-state index contributed by atoms with van der Waals surface area (Å²) >= 11 is 0. The molecule has 80 valence electrons. The van der Waals surface area contributed by atoms with Gasteiger partial charge in [-0.25, -0.2) is 0 Å². The van der Waals surface area contributed by atoms with Gasteiger partial charge in [0.15, 0.2) is 0 Å². The zero-order valence-electron chi connectivity index (χ0n) is 9.08. The van der Waals surface area contributed by atoms with E-state index >= 15 is 0 Å². The molecule has 0 radical (unpaired) electrons. The van der Waals surface area contributed by atoms with Gasteiger partial charge in [-0.1, -0.05) is 13.8 Å². The lowest BCUT2D eigenvalue weighted by Crippen LogP contribution is -2.12. The van der Waals surface area contributed by atoms with Crippen LogP contribution in [0.15, 0.2) is 0 Å². The maximum atomic E-state index is 11.5. The summed E-state index contributed by atoms with van der Waals surface area (Å²) in [4.78, 5) is 22.8. The lowest BCUT2D eigenvalue weighted by Gasteiger charge is -2.03. The van der Waals surface area contributed by atoms with E-state index in [1.54, 1.807) is 6.92 Å². The highest BCUT2D eigenvalue weighted by Crippen LogP contribution is 2.41. The minimum absolute atomic E-state index is 0.0450. The molecule has 0 N–H and O–H groups in total. The molecule has 1 aliphatic rings. The van der Waals surface area contributed by atoms with Crippen molar-refractivity contribution in [1.29, 1.82) is 0 Å². The van der Waals surface area contributed by atoms with Gasteiger partial charge in [0.2, 0.25) is 0 Å². The molecule has 1 fully saturated rings. The van der Waals surface area contributed by atoms with Gasteiger partial charge >= 0.3 is 5.97 Å². The molecule has 3 nitrogen and oxygen atoms in total. The third-order valence-electron chi connectivity index (χ3n) is 2.40. The fraction of sp³-hybridized carbons (Fsp3) is 0.818. The van der Waals surface area contributed by atoms with E-state index in [4.69, 9.17) is 4.74 Å². The smallest absolute Gasteiger partial charge is 0.309 e. The van der Waals surface area contributed by atoms with Gasteiger partial charge in [0.25, 0.3) is 0 Å². The van der Waals surface area contributed by atoms with E-state index < -0.39 is 0 Å². The van der Waals surface area contributed by atoms with Crippen LogP contribution in [0.3, 0.4) is 0 Å². The van der Waals surface area contributed by atoms with Crippen LogP contribution < -0.4 is 0 Å². The van der Waals surface area contributed by atoms with Gasteiger partial charge < -0.3 is 4.74 Å². The first-order valence-electron chi connectivity index (χ1n) is 5.25. The number of rotatable bonds is 5. The highest BCUT2D eigenvalue weighted by atomic mass is 16.5. The number of ether oxygens (including phenoxy) is 1. The minimum atomic E-state index is -0.199. The van der Waals surface area contributed by atoms with Gasteiger partial charge in [-0.2, -0.15) is 0 Å². The zero-order valence-corrected chi connectivity index (χ0v) is 9.08. The molecule has 1 aliphatic carbocycles. The van der Waals surface area contributed by atoms with E-state index in [9.17, 15) is 9.59 Å². The second kappa shape index (κ2) is 4.58. The Kier molecular flexibility index (Phi) is 3.67. The number of carbonyl (C=O) groups excluding carboxylic acids is 2. The quantitative estimate of drug-likeness (QED) is 0.633. The van der Waals surface area contributed by atoms with Gasteiger partial charge in [0.05, 0.1) is 12.5 Å². The van der Waals surface area contributed by atoms with Crippen molar-refractivity contribution in [3.63, 3.8) is 0 Å². The standard InChI is InChI=1S/C11H18O3/c1-4-14-11(13)9-6-8(9)10(12)5-7(2)3/h7-9H,4-6H2,1-3H3/t8-,9-/m0/s1. The molecule has 0 saturated heterocycles. The van der Waals surface area contributed by atoms with Crippen LogP contribution in [0.2, 0.25) is 0 Å². The molecule has 1 rings (SSSR count). The van der Waals surface area contributed by atoms with Crippen LogP contribution >= 0.6 is 0 Å². The van der Waals surface area contributed by atoms with E-state index in [1.807, 2.05) is 13.8 Å². The van der Waals surface area contributed by atoms with Gasteiger partial charge in [0.1, 0.15) is 5.78 Å². The number of hydrogen-bond acceptors (Lipinski definition) is 3. The van der Waals surface area contributed by atoms with Crippen molar-refractivity contribution in [3.05, 3.63) is 0 Å². The summed E-state index contributed by atoms with van der Waals surface area (Å²) in [7, 11) is 0. The summed E-state index contributed by atoms with van der Waals surface area (Å²) in [6.07, 6.45) is 1.28. The molecule has 0 aliphatic heterocycles. The molecule has 0 heterocycles. The lowest BCUT2D eigenvalue weighted by molar-refractivity contribution is -0.145. The molecular weight excluding hydrogens is 180 g/mol. The van der Waals surface area contributed by atoms with Crippen LogP contribution in [-0.4, -0.2) is 18.4 Å². The molecule has 2 atom stereocenters. The Morgan fingerprint density at radius 1 is 1.36 bits per heavy atom. The van der Waals surface area contributed by atoms with Gasteiger partial charge in [-0.15, -0.1) is 0 Å². The summed E-state index contributed by atoms with van der Waals surface area (Å²) in [5.74, 6) is 0.219. The highest BCUT2D eigenvalue weighted by molar-refractivity contribution is 5.91. The first-order valence-corrected chi connectivity index (χ1v) is 5.25. The molecule has 0 unspecified atom stereocenters. The predicted octanol–water partition coefficient (Wildman–Crippen LogP) is 1.80. The largest absolute Gasteiger partial charge is 0.466 e. The molecule has 0 spiro atoms. The lowest BCUT2D eigenvalue weighted by atomic mass is 10.0. The molecule has 0 amide bonds. The Labute approximate surface area is 84.8 Å². The Morgan fingerprint density at radius 2 is 2.00 bits per heavy atom. The summed E-state index contributed by atoms with van der Waals surface area (Å²) < 4.78 is 4.86. The predicted molar refractivity (Wildman–Crippen MR) is 52.7 cm³/mol. The zero-order chi connectivity index (χ0) is 10.7. The van der Waals surface area contributed by atoms with Crippen molar-refractivity contribution in [2.45, 2.75) is 33.6 Å². The van der Waals surface area contributed by atoms with E-state index in [1.165, 1.54) is 0 Å². The maximum absolute atomic E-state index is 11.5. The van der Waals surface area contributed by atoms with Crippen LogP contribution in [-0.2, 0) is 14.3 Å². The molecule has 1 saturated carbocycles. The third kappa shape index (κ3) is 2.82. The monoisotopic (exact) mass is 198 g/mol. The van der Waals surface area contributed by atoms with Gasteiger partial charge in [-0.3, -0.25) is 9.59 Å². The second-order valence-electron chi connectivity index (χ2n) is 4.27. The first kappa shape index (κ1) is 11.2. The van der Waals surface area contributed by atoms with E-state index in [-0.39, 0.29) is 23.6 Å². The summed E-state index contributed by atoms with van der Waals surface area (Å²) in [5, 5.41) is 0. The molecular formula is C11H18O3. The van der Waals surface area contributed by atoms with E-state index in [0.717, 1.165) is 0 Å². The van der Waals surface area contributed by atoms with E-state index in [2.05, 4.69) is 0 Å². The number of carbonyl (C=O) groups is 2. The van der Waals surface area contributed by atoms with E-state index in [0.29, 0.717) is 25.4 Å². The topological polar surface area (TPSA) is 43.4 Å². The van der Waals surface area contributed by atoms with Crippen molar-refractivity contribution in [3.8, 4) is 0 Å². The number of Topliss-reactive ketones (excluding diaryl/α,β-unsaturated/α-hetero) is 1. The van der Waals surface area contributed by atoms with Crippen molar-refractivity contribution in [2.24, 2.45) is 17.8 Å². The summed E-state index contributed by atoms with van der Waals surface area (Å²) in [6, 6.07) is 0. The normalized spacial score (nSPS) is 24.9. The van der Waals surface area contributed by atoms with Gasteiger partial charge in [0, 0.05) is 12.3 Å². The Hall–Kier alpha value is -0.860. The Bertz CT molecular complexity index is 233. The van der Waals surface area contributed by atoms with Crippen LogP contribution in [0.4, 0.5) is 0 Å². The number of hydrogen-bond donors (Lipinski definition) is 0. The van der Waals surface area contributed by atoms with Crippen LogP contribution in [0.1, 0.15) is 33.6 Å². The summed E-state index contributed by atoms with van der Waals surface area (Å²) in [6.45, 7) is 6.21. The molecule has 3 heteroatoms. The fourth-order valence-corrected chi connectivity index (χ4v) is 1.61. The van der Waals surface area contributed by atoms with Crippen LogP contribution in [0.5, 0.6) is 0 Å². The molecule has 0 aromatic carbocycles. The molecule has 0 bridgehead atoms. The number of ketones is 1. The summed E-state index contributed by atoms with van der Waals surface area (Å²) in [5.41, 5.74) is 0. The average molecular weight is 198 g/mol. The fourth-order valence-electron chi connectivity index (χ4n) is 1.61.